The van der Waals surface area contributed by atoms with E-state index < -0.39 is 0 Å². The van der Waals surface area contributed by atoms with Crippen LogP contribution < -0.4 is 5.32 Å². The molecule has 1 saturated carbocycles. The van der Waals surface area contributed by atoms with Crippen LogP contribution in [0.25, 0.3) is 0 Å². The molecule has 3 unspecified atom stereocenters. The van der Waals surface area contributed by atoms with Crippen LogP contribution in [0.1, 0.15) is 51.9 Å². The first-order valence-electron chi connectivity index (χ1n) is 8.26. The molecule has 3 heteroatoms. The van der Waals surface area contributed by atoms with E-state index in [2.05, 4.69) is 17.1 Å². The molecule has 0 aromatic carbocycles. The van der Waals surface area contributed by atoms with Crippen molar-refractivity contribution in [2.45, 2.75) is 64.0 Å². The fourth-order valence-electron chi connectivity index (χ4n) is 3.66. The zero-order valence-electron chi connectivity index (χ0n) is 12.9. The summed E-state index contributed by atoms with van der Waals surface area (Å²) in [6.45, 7) is 6.83. The molecule has 112 valence electrons. The highest BCUT2D eigenvalue weighted by Crippen LogP contribution is 2.26. The van der Waals surface area contributed by atoms with Crippen molar-refractivity contribution in [1.82, 2.24) is 10.2 Å². The Labute approximate surface area is 119 Å². The second kappa shape index (κ2) is 8.23. The second-order valence-corrected chi connectivity index (χ2v) is 6.55. The number of rotatable bonds is 6. The first-order valence-corrected chi connectivity index (χ1v) is 8.26. The molecule has 0 spiro atoms. The summed E-state index contributed by atoms with van der Waals surface area (Å²) >= 11 is 0. The van der Waals surface area contributed by atoms with Crippen molar-refractivity contribution in [2.75, 3.05) is 33.4 Å². The van der Waals surface area contributed by atoms with E-state index in [1.54, 1.807) is 0 Å². The van der Waals surface area contributed by atoms with Gasteiger partial charge >= 0.3 is 0 Å². The van der Waals surface area contributed by atoms with Gasteiger partial charge in [0.15, 0.2) is 0 Å². The van der Waals surface area contributed by atoms with Crippen LogP contribution in [-0.4, -0.2) is 50.3 Å². The molecule has 0 bridgehead atoms. The van der Waals surface area contributed by atoms with E-state index in [4.69, 9.17) is 4.74 Å². The molecule has 1 aliphatic carbocycles. The van der Waals surface area contributed by atoms with Gasteiger partial charge in [-0.15, -0.1) is 0 Å². The molecule has 1 aliphatic heterocycles. The van der Waals surface area contributed by atoms with E-state index in [0.29, 0.717) is 0 Å². The third-order valence-electron chi connectivity index (χ3n) is 4.94. The molecule has 2 rings (SSSR count). The number of hydrogen-bond acceptors (Lipinski definition) is 3. The summed E-state index contributed by atoms with van der Waals surface area (Å²) in [4.78, 5) is 2.71. The second-order valence-electron chi connectivity index (χ2n) is 6.55. The van der Waals surface area contributed by atoms with Gasteiger partial charge in [-0.3, -0.25) is 4.90 Å². The van der Waals surface area contributed by atoms with Crippen LogP contribution in [0.2, 0.25) is 0 Å². The van der Waals surface area contributed by atoms with E-state index in [-0.39, 0.29) is 0 Å². The predicted molar refractivity (Wildman–Crippen MR) is 80.5 cm³/mol. The highest BCUT2D eigenvalue weighted by atomic mass is 16.5. The van der Waals surface area contributed by atoms with E-state index >= 15 is 0 Å². The first-order chi connectivity index (χ1) is 9.29. The average Bonchev–Trinajstić information content (AvgIpc) is 2.82. The molecular formula is C16H32N2O. The van der Waals surface area contributed by atoms with Crippen molar-refractivity contribution in [2.24, 2.45) is 5.92 Å². The summed E-state index contributed by atoms with van der Waals surface area (Å²) in [7, 11) is 1.82. The number of ether oxygens (including phenoxy) is 1. The Morgan fingerprint density at radius 2 is 2.00 bits per heavy atom. The van der Waals surface area contributed by atoms with Crippen LogP contribution in [0.3, 0.4) is 0 Å². The maximum Gasteiger partial charge on any atom is 0.0589 e. The summed E-state index contributed by atoms with van der Waals surface area (Å²) in [6, 6.07) is 1.51. The van der Waals surface area contributed by atoms with Crippen molar-refractivity contribution in [1.29, 1.82) is 0 Å². The SMILES string of the molecule is COCCN(CC1CCCN1)C1CCCC(C)CC1. The van der Waals surface area contributed by atoms with Crippen molar-refractivity contribution in [3.8, 4) is 0 Å². The maximum atomic E-state index is 5.32. The standard InChI is InChI=1S/C16H32N2O/c1-14-5-3-7-16(9-8-14)18(11-12-19-2)13-15-6-4-10-17-15/h14-17H,3-13H2,1-2H3. The molecule has 1 heterocycles. The van der Waals surface area contributed by atoms with Crippen LogP contribution in [0, 0.1) is 5.92 Å². The zero-order chi connectivity index (χ0) is 13.5. The normalized spacial score (nSPS) is 32.7. The van der Waals surface area contributed by atoms with Crippen LogP contribution >= 0.6 is 0 Å². The lowest BCUT2D eigenvalue weighted by Gasteiger charge is -2.33. The summed E-state index contributed by atoms with van der Waals surface area (Å²) in [5.41, 5.74) is 0. The van der Waals surface area contributed by atoms with E-state index in [9.17, 15) is 0 Å². The molecule has 0 amide bonds. The Morgan fingerprint density at radius 3 is 2.74 bits per heavy atom. The highest BCUT2D eigenvalue weighted by Gasteiger charge is 2.25. The molecular weight excluding hydrogens is 236 g/mol. The largest absolute Gasteiger partial charge is 0.383 e. The van der Waals surface area contributed by atoms with E-state index in [1.165, 1.54) is 58.0 Å². The minimum absolute atomic E-state index is 0.720. The minimum atomic E-state index is 0.720. The van der Waals surface area contributed by atoms with E-state index in [1.807, 2.05) is 7.11 Å². The lowest BCUT2D eigenvalue weighted by Crippen LogP contribution is -2.44. The lowest BCUT2D eigenvalue weighted by atomic mass is 10.0. The van der Waals surface area contributed by atoms with Gasteiger partial charge < -0.3 is 10.1 Å². The Bertz CT molecular complexity index is 241. The fraction of sp³-hybridized carbons (Fsp3) is 1.00. The molecule has 2 aliphatic rings. The third kappa shape index (κ3) is 5.05. The topological polar surface area (TPSA) is 24.5 Å². The third-order valence-corrected chi connectivity index (χ3v) is 4.94. The van der Waals surface area contributed by atoms with Gasteiger partial charge in [-0.1, -0.05) is 19.8 Å². The smallest absolute Gasteiger partial charge is 0.0589 e. The van der Waals surface area contributed by atoms with Gasteiger partial charge in [0.1, 0.15) is 0 Å². The summed E-state index contributed by atoms with van der Waals surface area (Å²) in [6.07, 6.45) is 9.73. The molecule has 3 atom stereocenters. The first kappa shape index (κ1) is 15.3. The quantitative estimate of drug-likeness (QED) is 0.750. The van der Waals surface area contributed by atoms with Crippen LogP contribution in [0.5, 0.6) is 0 Å². The highest BCUT2D eigenvalue weighted by molar-refractivity contribution is 4.83. The maximum absolute atomic E-state index is 5.32. The minimum Gasteiger partial charge on any atom is -0.383 e. The average molecular weight is 268 g/mol. The van der Waals surface area contributed by atoms with Crippen LogP contribution in [0.15, 0.2) is 0 Å². The Kier molecular flexibility index (Phi) is 6.62. The monoisotopic (exact) mass is 268 g/mol. The molecule has 2 fully saturated rings. The molecule has 1 saturated heterocycles. The van der Waals surface area contributed by atoms with Gasteiger partial charge in [-0.2, -0.15) is 0 Å². The molecule has 0 radical (unpaired) electrons. The van der Waals surface area contributed by atoms with Gasteiger partial charge in [0, 0.05) is 32.3 Å². The Morgan fingerprint density at radius 1 is 1.11 bits per heavy atom. The summed E-state index contributed by atoms with van der Waals surface area (Å²) in [5, 5.41) is 3.64. The number of nitrogens with zero attached hydrogens (tertiary/aromatic N) is 1. The predicted octanol–water partition coefficient (Wildman–Crippen LogP) is 2.66. The lowest BCUT2D eigenvalue weighted by molar-refractivity contribution is 0.105. The number of hydrogen-bond donors (Lipinski definition) is 1. The van der Waals surface area contributed by atoms with Gasteiger partial charge in [0.05, 0.1) is 6.61 Å². The number of methoxy groups -OCH3 is 1. The fourth-order valence-corrected chi connectivity index (χ4v) is 3.66. The van der Waals surface area contributed by atoms with Crippen molar-refractivity contribution < 1.29 is 4.74 Å². The van der Waals surface area contributed by atoms with Crippen LogP contribution in [0.4, 0.5) is 0 Å². The molecule has 3 nitrogen and oxygen atoms in total. The van der Waals surface area contributed by atoms with Gasteiger partial charge in [0.2, 0.25) is 0 Å². The van der Waals surface area contributed by atoms with Gasteiger partial charge in [0.25, 0.3) is 0 Å². The summed E-state index contributed by atoms with van der Waals surface area (Å²) < 4.78 is 5.32. The van der Waals surface area contributed by atoms with Gasteiger partial charge in [-0.05, 0) is 44.6 Å². The molecule has 19 heavy (non-hydrogen) atoms. The van der Waals surface area contributed by atoms with Gasteiger partial charge in [-0.25, -0.2) is 0 Å². The van der Waals surface area contributed by atoms with Crippen LogP contribution in [-0.2, 0) is 4.74 Å². The Balaban J connectivity index is 1.86. The Hall–Kier alpha value is -0.120. The summed E-state index contributed by atoms with van der Waals surface area (Å²) in [5.74, 6) is 0.930. The van der Waals surface area contributed by atoms with Crippen molar-refractivity contribution in [3.63, 3.8) is 0 Å². The van der Waals surface area contributed by atoms with Crippen molar-refractivity contribution in [3.05, 3.63) is 0 Å². The zero-order valence-corrected chi connectivity index (χ0v) is 12.9. The number of nitrogens with one attached hydrogen (secondary N) is 1. The van der Waals surface area contributed by atoms with E-state index in [0.717, 1.165) is 31.2 Å². The molecule has 1 N–H and O–H groups in total. The molecule has 0 aromatic heterocycles. The molecule has 0 aromatic rings. The van der Waals surface area contributed by atoms with Crippen molar-refractivity contribution >= 4 is 0 Å².